The molecule has 0 radical (unpaired) electrons. The molecule has 0 aliphatic rings. The van der Waals surface area contributed by atoms with E-state index in [1.165, 1.54) is 11.1 Å². The standard InChI is InChI=1S/C17H21ClN2O/c1-11-4-5-13(8-12(11)2)16(20-19)10-14-9-15(18)6-7-17(14)21-3/h4-9,16,20H,10,19H2,1-3H3. The van der Waals surface area contributed by atoms with Crippen molar-refractivity contribution >= 4 is 11.6 Å². The van der Waals surface area contributed by atoms with E-state index >= 15 is 0 Å². The Balaban J connectivity index is 2.30. The average Bonchev–Trinajstić information content (AvgIpc) is 2.48. The van der Waals surface area contributed by atoms with Crippen molar-refractivity contribution < 1.29 is 4.74 Å². The molecule has 1 atom stereocenters. The Morgan fingerprint density at radius 1 is 1.14 bits per heavy atom. The number of nitrogens with one attached hydrogen (secondary N) is 1. The van der Waals surface area contributed by atoms with Crippen molar-refractivity contribution in [2.75, 3.05) is 7.11 Å². The first kappa shape index (κ1) is 15.8. The molecule has 1 unspecified atom stereocenters. The molecule has 2 aromatic carbocycles. The zero-order valence-electron chi connectivity index (χ0n) is 12.6. The molecule has 0 heterocycles. The molecule has 0 fully saturated rings. The number of rotatable bonds is 5. The number of hydrogen-bond acceptors (Lipinski definition) is 3. The van der Waals surface area contributed by atoms with Gasteiger partial charge >= 0.3 is 0 Å². The van der Waals surface area contributed by atoms with Gasteiger partial charge in [-0.1, -0.05) is 29.8 Å². The molecule has 21 heavy (non-hydrogen) atoms. The van der Waals surface area contributed by atoms with Gasteiger partial charge in [-0.25, -0.2) is 0 Å². The molecule has 0 spiro atoms. The van der Waals surface area contributed by atoms with Gasteiger partial charge in [-0.2, -0.15) is 0 Å². The second-order valence-corrected chi connectivity index (χ2v) is 5.66. The topological polar surface area (TPSA) is 47.3 Å². The summed E-state index contributed by atoms with van der Waals surface area (Å²) in [6.07, 6.45) is 0.711. The summed E-state index contributed by atoms with van der Waals surface area (Å²) in [7, 11) is 1.66. The Labute approximate surface area is 131 Å². The molecule has 0 aliphatic carbocycles. The highest BCUT2D eigenvalue weighted by atomic mass is 35.5. The third-order valence-corrected chi connectivity index (χ3v) is 4.04. The molecule has 0 bridgehead atoms. The van der Waals surface area contributed by atoms with Crippen LogP contribution in [0.25, 0.3) is 0 Å². The third-order valence-electron chi connectivity index (χ3n) is 3.80. The lowest BCUT2D eigenvalue weighted by molar-refractivity contribution is 0.405. The van der Waals surface area contributed by atoms with Gasteiger partial charge in [-0.05, 0) is 60.7 Å². The fraction of sp³-hybridized carbons (Fsp3) is 0.294. The summed E-state index contributed by atoms with van der Waals surface area (Å²) in [6.45, 7) is 4.20. The molecule has 2 aromatic rings. The van der Waals surface area contributed by atoms with E-state index in [4.69, 9.17) is 22.2 Å². The minimum absolute atomic E-state index is 0.0108. The predicted octanol–water partition coefficient (Wildman–Crippen LogP) is 3.71. The molecule has 3 N–H and O–H groups in total. The Hall–Kier alpha value is -1.55. The van der Waals surface area contributed by atoms with Gasteiger partial charge in [0.1, 0.15) is 5.75 Å². The number of benzene rings is 2. The highest BCUT2D eigenvalue weighted by Gasteiger charge is 2.14. The van der Waals surface area contributed by atoms with Crippen LogP contribution >= 0.6 is 11.6 Å². The molecular formula is C17H21ClN2O. The van der Waals surface area contributed by atoms with Gasteiger partial charge in [0.15, 0.2) is 0 Å². The number of hydrazine groups is 1. The van der Waals surface area contributed by atoms with Crippen molar-refractivity contribution in [2.24, 2.45) is 5.84 Å². The van der Waals surface area contributed by atoms with E-state index in [1.807, 2.05) is 18.2 Å². The van der Waals surface area contributed by atoms with Crippen molar-refractivity contribution in [1.29, 1.82) is 0 Å². The lowest BCUT2D eigenvalue weighted by Crippen LogP contribution is -2.29. The number of aryl methyl sites for hydroxylation is 2. The van der Waals surface area contributed by atoms with Crippen LogP contribution in [0.1, 0.15) is 28.3 Å². The van der Waals surface area contributed by atoms with E-state index in [0.717, 1.165) is 16.9 Å². The van der Waals surface area contributed by atoms with Gasteiger partial charge < -0.3 is 4.74 Å². The quantitative estimate of drug-likeness (QED) is 0.654. The zero-order valence-corrected chi connectivity index (χ0v) is 13.4. The number of hydrogen-bond donors (Lipinski definition) is 2. The number of nitrogens with two attached hydrogens (primary N) is 1. The maximum Gasteiger partial charge on any atom is 0.122 e. The van der Waals surface area contributed by atoms with Gasteiger partial charge in [0.2, 0.25) is 0 Å². The SMILES string of the molecule is COc1ccc(Cl)cc1CC(NN)c1ccc(C)c(C)c1. The van der Waals surface area contributed by atoms with Crippen molar-refractivity contribution in [3.8, 4) is 5.75 Å². The number of ether oxygens (including phenoxy) is 1. The molecule has 0 saturated heterocycles. The van der Waals surface area contributed by atoms with E-state index in [9.17, 15) is 0 Å². The van der Waals surface area contributed by atoms with Gasteiger partial charge in [-0.15, -0.1) is 0 Å². The normalized spacial score (nSPS) is 12.2. The Kier molecular flexibility index (Phi) is 5.23. The van der Waals surface area contributed by atoms with Gasteiger partial charge in [-0.3, -0.25) is 11.3 Å². The molecular weight excluding hydrogens is 284 g/mol. The lowest BCUT2D eigenvalue weighted by Gasteiger charge is -2.19. The first-order valence-electron chi connectivity index (χ1n) is 6.91. The van der Waals surface area contributed by atoms with Crippen LogP contribution in [-0.4, -0.2) is 7.11 Å². The average molecular weight is 305 g/mol. The first-order valence-corrected chi connectivity index (χ1v) is 7.28. The summed E-state index contributed by atoms with van der Waals surface area (Å²) in [5, 5.41) is 0.696. The van der Waals surface area contributed by atoms with Crippen LogP contribution in [0.5, 0.6) is 5.75 Å². The van der Waals surface area contributed by atoms with Crippen LogP contribution in [0.3, 0.4) is 0 Å². The first-order chi connectivity index (χ1) is 10.0. The summed E-state index contributed by atoms with van der Waals surface area (Å²) in [5.41, 5.74) is 7.60. The fourth-order valence-corrected chi connectivity index (χ4v) is 2.58. The van der Waals surface area contributed by atoms with E-state index < -0.39 is 0 Å². The van der Waals surface area contributed by atoms with Gasteiger partial charge in [0, 0.05) is 5.02 Å². The molecule has 0 saturated carbocycles. The van der Waals surface area contributed by atoms with Crippen molar-refractivity contribution in [3.63, 3.8) is 0 Å². The minimum atomic E-state index is 0.0108. The summed E-state index contributed by atoms with van der Waals surface area (Å²) in [5.74, 6) is 6.57. The molecule has 0 aliphatic heterocycles. The number of halogens is 1. The van der Waals surface area contributed by atoms with Gasteiger partial charge in [0.25, 0.3) is 0 Å². The van der Waals surface area contributed by atoms with E-state index in [-0.39, 0.29) is 6.04 Å². The van der Waals surface area contributed by atoms with E-state index in [1.54, 1.807) is 7.11 Å². The Morgan fingerprint density at radius 2 is 1.90 bits per heavy atom. The maximum absolute atomic E-state index is 6.09. The largest absolute Gasteiger partial charge is 0.496 e. The third kappa shape index (κ3) is 3.76. The maximum atomic E-state index is 6.09. The van der Waals surface area contributed by atoms with Crippen molar-refractivity contribution in [3.05, 3.63) is 63.7 Å². The predicted molar refractivity (Wildman–Crippen MR) is 87.7 cm³/mol. The fourth-order valence-electron chi connectivity index (χ4n) is 2.38. The zero-order chi connectivity index (χ0) is 15.4. The monoisotopic (exact) mass is 304 g/mol. The molecule has 2 rings (SSSR count). The van der Waals surface area contributed by atoms with Crippen LogP contribution in [0.4, 0.5) is 0 Å². The number of methoxy groups -OCH3 is 1. The second kappa shape index (κ2) is 6.94. The summed E-state index contributed by atoms with van der Waals surface area (Å²) >= 11 is 6.09. The highest BCUT2D eigenvalue weighted by Crippen LogP contribution is 2.28. The van der Waals surface area contributed by atoms with Crippen LogP contribution in [0, 0.1) is 13.8 Å². The molecule has 3 nitrogen and oxygen atoms in total. The summed E-state index contributed by atoms with van der Waals surface area (Å²) in [6, 6.07) is 12.0. The molecule has 0 aromatic heterocycles. The lowest BCUT2D eigenvalue weighted by atomic mass is 9.96. The van der Waals surface area contributed by atoms with E-state index in [0.29, 0.717) is 11.4 Å². The van der Waals surface area contributed by atoms with Crippen LogP contribution < -0.4 is 16.0 Å². The Morgan fingerprint density at radius 3 is 2.52 bits per heavy atom. The highest BCUT2D eigenvalue weighted by molar-refractivity contribution is 6.30. The summed E-state index contributed by atoms with van der Waals surface area (Å²) in [4.78, 5) is 0. The Bertz CT molecular complexity index is 628. The van der Waals surface area contributed by atoms with Crippen molar-refractivity contribution in [1.82, 2.24) is 5.43 Å². The molecule has 0 amide bonds. The van der Waals surface area contributed by atoms with Crippen LogP contribution in [0.15, 0.2) is 36.4 Å². The smallest absolute Gasteiger partial charge is 0.122 e. The summed E-state index contributed by atoms with van der Waals surface area (Å²) < 4.78 is 5.40. The van der Waals surface area contributed by atoms with Gasteiger partial charge in [0.05, 0.1) is 13.2 Å². The van der Waals surface area contributed by atoms with E-state index in [2.05, 4.69) is 37.5 Å². The van der Waals surface area contributed by atoms with Crippen LogP contribution in [-0.2, 0) is 6.42 Å². The van der Waals surface area contributed by atoms with Crippen LogP contribution in [0.2, 0.25) is 5.02 Å². The molecule has 112 valence electrons. The minimum Gasteiger partial charge on any atom is -0.496 e. The van der Waals surface area contributed by atoms with Crippen molar-refractivity contribution in [2.45, 2.75) is 26.3 Å². The second-order valence-electron chi connectivity index (χ2n) is 5.22. The molecule has 4 heteroatoms.